The summed E-state index contributed by atoms with van der Waals surface area (Å²) in [7, 11) is 0. The van der Waals surface area contributed by atoms with Crippen LogP contribution in [0.2, 0.25) is 0 Å². The molecule has 3 nitrogen and oxygen atoms in total. The minimum atomic E-state index is 0.658. The Hall–Kier alpha value is -7.10. The van der Waals surface area contributed by atoms with E-state index in [0.29, 0.717) is 11.5 Å². The molecule has 9 aromatic rings. The molecule has 250 valence electrons. The van der Waals surface area contributed by atoms with Crippen molar-refractivity contribution in [2.45, 2.75) is 0 Å². The Morgan fingerprint density at radius 3 is 1.57 bits per heavy atom. The van der Waals surface area contributed by atoms with Gasteiger partial charge < -0.3 is 14.4 Å². The number of fused-ring (bicyclic) bond motifs is 2. The zero-order valence-corrected chi connectivity index (χ0v) is 28.8. The first-order valence-electron chi connectivity index (χ1n) is 17.9. The number of anilines is 3. The van der Waals surface area contributed by atoms with Gasteiger partial charge in [-0.25, -0.2) is 0 Å². The molecule has 0 aliphatic carbocycles. The summed E-state index contributed by atoms with van der Waals surface area (Å²) >= 11 is 0. The van der Waals surface area contributed by atoms with Crippen molar-refractivity contribution in [1.82, 2.24) is 0 Å². The van der Waals surface area contributed by atoms with E-state index >= 15 is 0 Å². The van der Waals surface area contributed by atoms with Gasteiger partial charge in [-0.05, 0) is 104 Å². The maximum atomic E-state index is 6.69. The molecule has 1 aliphatic heterocycles. The van der Waals surface area contributed by atoms with Gasteiger partial charge in [-0.2, -0.15) is 0 Å². The number of nitrogens with zero attached hydrogens (tertiary/aromatic N) is 1. The molecule has 0 saturated heterocycles. The Balaban J connectivity index is 1.15. The van der Waals surface area contributed by atoms with E-state index in [0.717, 1.165) is 67.2 Å². The summed E-state index contributed by atoms with van der Waals surface area (Å²) in [5.74, 6) is 2.89. The Labute approximate surface area is 308 Å². The third-order valence-electron chi connectivity index (χ3n) is 10.1. The summed E-state index contributed by atoms with van der Waals surface area (Å²) in [6.45, 7) is 0. The highest BCUT2D eigenvalue weighted by atomic mass is 16.5. The first-order valence-corrected chi connectivity index (χ1v) is 17.9. The SMILES string of the molecule is c1ccc(-c2cc(-c3ccccc3)cc(N(c3ccc(-c4cccc5ccccc45)cc3)c3ccc4c(c3)Oc3cccc5cccc(c35)O4)c2)cc1. The highest BCUT2D eigenvalue weighted by molar-refractivity contribution is 5.97. The lowest BCUT2D eigenvalue weighted by Gasteiger charge is -2.28. The number of rotatable bonds is 6. The van der Waals surface area contributed by atoms with Crippen molar-refractivity contribution in [1.29, 1.82) is 0 Å². The van der Waals surface area contributed by atoms with Gasteiger partial charge in [-0.1, -0.05) is 140 Å². The average Bonchev–Trinajstić information content (AvgIpc) is 3.39. The first-order chi connectivity index (χ1) is 26.2. The number of benzene rings is 9. The van der Waals surface area contributed by atoms with E-state index in [1.165, 1.54) is 16.3 Å². The molecule has 0 spiro atoms. The molecule has 0 atom stereocenters. The van der Waals surface area contributed by atoms with Crippen LogP contribution in [-0.4, -0.2) is 0 Å². The highest BCUT2D eigenvalue weighted by Crippen LogP contribution is 2.49. The summed E-state index contributed by atoms with van der Waals surface area (Å²) in [6, 6.07) is 70.4. The van der Waals surface area contributed by atoms with Crippen molar-refractivity contribution in [2.75, 3.05) is 4.90 Å². The molecule has 0 fully saturated rings. The van der Waals surface area contributed by atoms with Crippen molar-refractivity contribution < 1.29 is 9.47 Å². The second-order valence-corrected chi connectivity index (χ2v) is 13.4. The molecule has 0 unspecified atom stereocenters. The second kappa shape index (κ2) is 12.9. The quantitative estimate of drug-likeness (QED) is 0.175. The predicted octanol–water partition coefficient (Wildman–Crippen LogP) is 14.4. The molecule has 0 amide bonds. The maximum Gasteiger partial charge on any atom is 0.172 e. The summed E-state index contributed by atoms with van der Waals surface area (Å²) in [6.07, 6.45) is 0. The van der Waals surface area contributed by atoms with Crippen LogP contribution in [0.1, 0.15) is 0 Å². The lowest BCUT2D eigenvalue weighted by Crippen LogP contribution is -2.10. The zero-order valence-electron chi connectivity index (χ0n) is 28.8. The Bertz CT molecular complexity index is 2710. The van der Waals surface area contributed by atoms with Crippen LogP contribution in [0, 0.1) is 0 Å². The third kappa shape index (κ3) is 5.65. The molecule has 9 aromatic carbocycles. The standard InChI is InChI=1S/C50H33NO2/c1-3-12-34(13-4-1)39-30-40(35-14-5-2-6-15-35)32-43(31-39)51(41-26-24-37(25-27-41)45-21-9-17-36-16-7-8-20-44(36)45)42-28-29-46-49(33-42)53-48-23-11-19-38-18-10-22-47(52-46)50(38)48/h1-33H. The lowest BCUT2D eigenvalue weighted by molar-refractivity contribution is 0.439. The molecular weight excluding hydrogens is 647 g/mol. The normalized spacial score (nSPS) is 11.7. The van der Waals surface area contributed by atoms with Crippen molar-refractivity contribution in [3.8, 4) is 56.4 Å². The molecule has 0 saturated carbocycles. The highest BCUT2D eigenvalue weighted by Gasteiger charge is 2.22. The van der Waals surface area contributed by atoms with Crippen molar-refractivity contribution >= 4 is 38.6 Å². The monoisotopic (exact) mass is 679 g/mol. The molecule has 53 heavy (non-hydrogen) atoms. The van der Waals surface area contributed by atoms with E-state index in [-0.39, 0.29) is 0 Å². The van der Waals surface area contributed by atoms with E-state index in [1.54, 1.807) is 0 Å². The Morgan fingerprint density at radius 2 is 0.868 bits per heavy atom. The van der Waals surface area contributed by atoms with Gasteiger partial charge in [0.15, 0.2) is 11.5 Å². The molecule has 10 rings (SSSR count). The van der Waals surface area contributed by atoms with Crippen LogP contribution >= 0.6 is 0 Å². The largest absolute Gasteiger partial charge is 0.453 e. The zero-order chi connectivity index (χ0) is 35.1. The Kier molecular flexibility index (Phi) is 7.47. The summed E-state index contributed by atoms with van der Waals surface area (Å²) in [4.78, 5) is 2.31. The molecule has 0 aromatic heterocycles. The van der Waals surface area contributed by atoms with Crippen LogP contribution in [0.5, 0.6) is 23.0 Å². The van der Waals surface area contributed by atoms with Gasteiger partial charge >= 0.3 is 0 Å². The van der Waals surface area contributed by atoms with Crippen molar-refractivity contribution in [3.63, 3.8) is 0 Å². The van der Waals surface area contributed by atoms with Gasteiger partial charge in [0.2, 0.25) is 0 Å². The van der Waals surface area contributed by atoms with Crippen LogP contribution in [0.25, 0.3) is 54.9 Å². The van der Waals surface area contributed by atoms with Gasteiger partial charge in [0.05, 0.1) is 11.1 Å². The van der Waals surface area contributed by atoms with Gasteiger partial charge in [-0.15, -0.1) is 0 Å². The fourth-order valence-corrected chi connectivity index (χ4v) is 7.53. The van der Waals surface area contributed by atoms with E-state index in [2.05, 4.69) is 175 Å². The topological polar surface area (TPSA) is 21.7 Å². The minimum absolute atomic E-state index is 0.658. The van der Waals surface area contributed by atoms with Crippen LogP contribution in [0.4, 0.5) is 17.1 Å². The second-order valence-electron chi connectivity index (χ2n) is 13.4. The molecule has 0 radical (unpaired) electrons. The predicted molar refractivity (Wildman–Crippen MR) is 219 cm³/mol. The Morgan fingerprint density at radius 1 is 0.302 bits per heavy atom. The number of hydrogen-bond donors (Lipinski definition) is 0. The number of hydrogen-bond acceptors (Lipinski definition) is 3. The first kappa shape index (κ1) is 30.7. The van der Waals surface area contributed by atoms with Crippen molar-refractivity contribution in [3.05, 3.63) is 200 Å². The molecule has 1 heterocycles. The van der Waals surface area contributed by atoms with Crippen LogP contribution in [0.15, 0.2) is 200 Å². The third-order valence-corrected chi connectivity index (χ3v) is 10.1. The van der Waals surface area contributed by atoms with E-state index < -0.39 is 0 Å². The fraction of sp³-hybridized carbons (Fsp3) is 0. The van der Waals surface area contributed by atoms with Crippen LogP contribution < -0.4 is 14.4 Å². The van der Waals surface area contributed by atoms with E-state index in [9.17, 15) is 0 Å². The molecule has 3 heteroatoms. The summed E-state index contributed by atoms with van der Waals surface area (Å²) < 4.78 is 13.2. The van der Waals surface area contributed by atoms with E-state index in [1.807, 2.05) is 30.3 Å². The molecule has 0 N–H and O–H groups in total. The van der Waals surface area contributed by atoms with Crippen LogP contribution in [-0.2, 0) is 0 Å². The molecule has 1 aliphatic rings. The molecular formula is C50H33NO2. The lowest BCUT2D eigenvalue weighted by atomic mass is 9.96. The van der Waals surface area contributed by atoms with Gasteiger partial charge in [-0.3, -0.25) is 0 Å². The minimum Gasteiger partial charge on any atom is -0.453 e. The van der Waals surface area contributed by atoms with Crippen molar-refractivity contribution in [2.24, 2.45) is 0 Å². The maximum absolute atomic E-state index is 6.69. The molecule has 0 bridgehead atoms. The summed E-state index contributed by atoms with van der Waals surface area (Å²) in [5.41, 5.74) is 9.96. The average molecular weight is 680 g/mol. The summed E-state index contributed by atoms with van der Waals surface area (Å²) in [5, 5.41) is 4.51. The van der Waals surface area contributed by atoms with Crippen LogP contribution in [0.3, 0.4) is 0 Å². The fourth-order valence-electron chi connectivity index (χ4n) is 7.53. The van der Waals surface area contributed by atoms with Gasteiger partial charge in [0.25, 0.3) is 0 Å². The smallest absolute Gasteiger partial charge is 0.172 e. The number of ether oxygens (including phenoxy) is 2. The van der Waals surface area contributed by atoms with E-state index in [4.69, 9.17) is 9.47 Å². The van der Waals surface area contributed by atoms with Gasteiger partial charge in [0.1, 0.15) is 11.5 Å². The van der Waals surface area contributed by atoms with Gasteiger partial charge in [0, 0.05) is 17.4 Å².